The number of hydrogen-bond acceptors (Lipinski definition) is 7. The summed E-state index contributed by atoms with van der Waals surface area (Å²) in [6, 6.07) is 18.1. The highest BCUT2D eigenvalue weighted by atomic mass is 35.5. The van der Waals surface area contributed by atoms with Crippen molar-refractivity contribution < 1.29 is 4.79 Å². The van der Waals surface area contributed by atoms with Gasteiger partial charge in [0, 0.05) is 43.1 Å². The molecule has 1 aliphatic heterocycles. The van der Waals surface area contributed by atoms with Gasteiger partial charge in [-0.1, -0.05) is 59.8 Å². The molecule has 0 radical (unpaired) electrons. The second-order valence-corrected chi connectivity index (χ2v) is 10.6. The third-order valence-electron chi connectivity index (χ3n) is 5.87. The number of carbonyl (C=O) groups is 1. The van der Waals surface area contributed by atoms with E-state index in [-0.39, 0.29) is 5.91 Å². The van der Waals surface area contributed by atoms with Crippen LogP contribution in [0.4, 0.5) is 0 Å². The Bertz CT molecular complexity index is 1300. The molecule has 2 aromatic carbocycles. The van der Waals surface area contributed by atoms with E-state index in [4.69, 9.17) is 11.6 Å². The first-order chi connectivity index (χ1) is 17.1. The van der Waals surface area contributed by atoms with Crippen molar-refractivity contribution >= 4 is 40.6 Å². The van der Waals surface area contributed by atoms with E-state index in [1.807, 2.05) is 52.1 Å². The Kier molecular flexibility index (Phi) is 7.48. The van der Waals surface area contributed by atoms with Crippen molar-refractivity contribution in [3.63, 3.8) is 0 Å². The number of hydrogen-bond donors (Lipinski definition) is 0. The molecular formula is C25H25ClN6OS2. The van der Waals surface area contributed by atoms with Crippen LogP contribution < -0.4 is 0 Å². The van der Waals surface area contributed by atoms with Gasteiger partial charge in [0.15, 0.2) is 5.16 Å². The minimum absolute atomic E-state index is 0.00907. The molecule has 10 heteroatoms. The first kappa shape index (κ1) is 24.0. The number of benzene rings is 2. The van der Waals surface area contributed by atoms with Crippen molar-refractivity contribution in [3.8, 4) is 5.69 Å². The van der Waals surface area contributed by atoms with Crippen LogP contribution in [-0.2, 0) is 12.3 Å². The lowest BCUT2D eigenvalue weighted by Crippen LogP contribution is -2.48. The second-order valence-electron chi connectivity index (χ2n) is 8.31. The Morgan fingerprint density at radius 3 is 2.63 bits per heavy atom. The zero-order valence-corrected chi connectivity index (χ0v) is 21.7. The fourth-order valence-corrected chi connectivity index (χ4v) is 6.03. The van der Waals surface area contributed by atoms with Gasteiger partial charge in [-0.3, -0.25) is 14.3 Å². The van der Waals surface area contributed by atoms with E-state index in [9.17, 15) is 4.79 Å². The number of thioether (sulfide) groups is 1. The van der Waals surface area contributed by atoms with Crippen LogP contribution in [0.5, 0.6) is 0 Å². The lowest BCUT2D eigenvalue weighted by Gasteiger charge is -2.34. The lowest BCUT2D eigenvalue weighted by molar-refractivity contribution is 0.0623. The van der Waals surface area contributed by atoms with Crippen molar-refractivity contribution in [2.45, 2.75) is 24.4 Å². The van der Waals surface area contributed by atoms with Gasteiger partial charge in [0.25, 0.3) is 5.91 Å². The molecule has 35 heavy (non-hydrogen) atoms. The highest BCUT2D eigenvalue weighted by Gasteiger charge is 2.24. The molecule has 1 saturated heterocycles. The predicted octanol–water partition coefficient (Wildman–Crippen LogP) is 4.94. The van der Waals surface area contributed by atoms with E-state index < -0.39 is 0 Å². The van der Waals surface area contributed by atoms with E-state index in [2.05, 4.69) is 44.3 Å². The Hall–Kier alpha value is -2.72. The number of amides is 1. The van der Waals surface area contributed by atoms with Crippen LogP contribution in [0.1, 0.15) is 26.9 Å². The highest BCUT2D eigenvalue weighted by Crippen LogP contribution is 2.27. The minimum Gasteiger partial charge on any atom is -0.335 e. The van der Waals surface area contributed by atoms with Gasteiger partial charge in [0.1, 0.15) is 16.5 Å². The van der Waals surface area contributed by atoms with E-state index in [0.29, 0.717) is 16.5 Å². The van der Waals surface area contributed by atoms with Crippen LogP contribution in [-0.4, -0.2) is 61.6 Å². The molecule has 0 aliphatic carbocycles. The molecule has 1 amide bonds. The number of thiazole rings is 1. The van der Waals surface area contributed by atoms with Crippen LogP contribution in [0, 0.1) is 6.92 Å². The maximum absolute atomic E-state index is 13.0. The summed E-state index contributed by atoms with van der Waals surface area (Å²) >= 11 is 9.22. The fraction of sp³-hybridized carbons (Fsp3) is 0.280. The minimum atomic E-state index is 0.00907. The topological polar surface area (TPSA) is 67.2 Å². The van der Waals surface area contributed by atoms with Gasteiger partial charge in [-0.15, -0.1) is 21.5 Å². The summed E-state index contributed by atoms with van der Waals surface area (Å²) in [5.74, 6) is 1.41. The van der Waals surface area contributed by atoms with E-state index in [1.54, 1.807) is 11.8 Å². The summed E-state index contributed by atoms with van der Waals surface area (Å²) < 4.78 is 1.98. The van der Waals surface area contributed by atoms with E-state index in [0.717, 1.165) is 54.4 Å². The molecule has 0 unspecified atom stereocenters. The monoisotopic (exact) mass is 524 g/mol. The second kappa shape index (κ2) is 10.9. The summed E-state index contributed by atoms with van der Waals surface area (Å²) in [5, 5.41) is 12.7. The molecule has 0 N–H and O–H groups in total. The molecule has 4 aromatic rings. The molecule has 3 heterocycles. The van der Waals surface area contributed by atoms with Crippen LogP contribution in [0.15, 0.2) is 65.1 Å². The lowest BCUT2D eigenvalue weighted by atomic mass is 10.2. The van der Waals surface area contributed by atoms with Gasteiger partial charge in [-0.2, -0.15) is 0 Å². The Labute approximate surface area is 217 Å². The number of carbonyl (C=O) groups excluding carboxylic acids is 1. The molecule has 0 bridgehead atoms. The SMILES string of the molecule is Cc1nnc(SCc2nc(C(=O)N3CCN(Cc4ccccc4)CC3)cs2)n1-c1cccc(Cl)c1. The van der Waals surface area contributed by atoms with Gasteiger partial charge in [0.05, 0.1) is 11.4 Å². The normalized spacial score (nSPS) is 14.4. The van der Waals surface area contributed by atoms with Crippen LogP contribution in [0.2, 0.25) is 5.02 Å². The summed E-state index contributed by atoms with van der Waals surface area (Å²) in [6.45, 7) is 6.00. The number of aromatic nitrogens is 4. The quantitative estimate of drug-likeness (QED) is 0.319. The zero-order valence-electron chi connectivity index (χ0n) is 19.3. The Morgan fingerprint density at radius 2 is 1.86 bits per heavy atom. The van der Waals surface area contributed by atoms with Crippen LogP contribution >= 0.6 is 34.7 Å². The van der Waals surface area contributed by atoms with E-state index >= 15 is 0 Å². The number of halogens is 1. The van der Waals surface area contributed by atoms with Gasteiger partial charge >= 0.3 is 0 Å². The Balaban J connectivity index is 1.17. The molecule has 0 saturated carbocycles. The van der Waals surface area contributed by atoms with Gasteiger partial charge in [-0.05, 0) is 30.7 Å². The summed E-state index contributed by atoms with van der Waals surface area (Å²) in [5.41, 5.74) is 2.74. The maximum atomic E-state index is 13.0. The molecule has 7 nitrogen and oxygen atoms in total. The average Bonchev–Trinajstić information content (AvgIpc) is 3.50. The summed E-state index contributed by atoms with van der Waals surface area (Å²) in [7, 11) is 0. The Morgan fingerprint density at radius 1 is 1.06 bits per heavy atom. The molecule has 2 aromatic heterocycles. The zero-order chi connectivity index (χ0) is 24.2. The summed E-state index contributed by atoms with van der Waals surface area (Å²) in [6.07, 6.45) is 0. The highest BCUT2D eigenvalue weighted by molar-refractivity contribution is 7.98. The van der Waals surface area contributed by atoms with Crippen molar-refractivity contribution in [2.24, 2.45) is 0 Å². The van der Waals surface area contributed by atoms with Gasteiger partial charge in [0.2, 0.25) is 0 Å². The number of aryl methyl sites for hydroxylation is 1. The van der Waals surface area contributed by atoms with Crippen LogP contribution in [0.3, 0.4) is 0 Å². The molecule has 5 rings (SSSR count). The fourth-order valence-electron chi connectivity index (χ4n) is 4.06. The predicted molar refractivity (Wildman–Crippen MR) is 140 cm³/mol. The standard InChI is InChI=1S/C25H25ClN6OS2/c1-18-28-29-25(32(18)21-9-5-8-20(26)14-21)35-17-23-27-22(16-34-23)24(33)31-12-10-30(11-13-31)15-19-6-3-2-4-7-19/h2-9,14,16H,10-13,15,17H2,1H3. The number of piperazine rings is 1. The molecule has 1 aliphatic rings. The molecule has 180 valence electrons. The average molecular weight is 525 g/mol. The molecular weight excluding hydrogens is 500 g/mol. The van der Waals surface area contributed by atoms with Crippen molar-refractivity contribution in [2.75, 3.05) is 26.2 Å². The molecule has 0 atom stereocenters. The molecule has 1 fully saturated rings. The van der Waals surface area contributed by atoms with Crippen molar-refractivity contribution in [1.82, 2.24) is 29.5 Å². The number of nitrogens with zero attached hydrogens (tertiary/aromatic N) is 6. The third-order valence-corrected chi connectivity index (χ3v) is 8.07. The smallest absolute Gasteiger partial charge is 0.273 e. The summed E-state index contributed by atoms with van der Waals surface area (Å²) in [4.78, 5) is 22.0. The largest absolute Gasteiger partial charge is 0.335 e. The number of rotatable bonds is 7. The van der Waals surface area contributed by atoms with Crippen molar-refractivity contribution in [1.29, 1.82) is 0 Å². The van der Waals surface area contributed by atoms with Crippen molar-refractivity contribution in [3.05, 3.63) is 87.1 Å². The molecule has 0 spiro atoms. The van der Waals surface area contributed by atoms with Gasteiger partial charge < -0.3 is 4.90 Å². The maximum Gasteiger partial charge on any atom is 0.273 e. The van der Waals surface area contributed by atoms with E-state index in [1.165, 1.54) is 16.9 Å². The van der Waals surface area contributed by atoms with Crippen LogP contribution in [0.25, 0.3) is 5.69 Å². The third kappa shape index (κ3) is 5.75. The van der Waals surface area contributed by atoms with Gasteiger partial charge in [-0.25, -0.2) is 4.98 Å². The first-order valence-electron chi connectivity index (χ1n) is 11.4. The first-order valence-corrected chi connectivity index (χ1v) is 13.6.